The summed E-state index contributed by atoms with van der Waals surface area (Å²) in [5.74, 6) is 3.02. The van der Waals surface area contributed by atoms with E-state index in [4.69, 9.17) is 4.42 Å². The van der Waals surface area contributed by atoms with E-state index >= 15 is 0 Å². The van der Waals surface area contributed by atoms with Crippen LogP contribution in [0.1, 0.15) is 41.8 Å². The van der Waals surface area contributed by atoms with E-state index in [0.29, 0.717) is 18.1 Å². The van der Waals surface area contributed by atoms with Gasteiger partial charge in [0, 0.05) is 27.1 Å². The zero-order valence-electron chi connectivity index (χ0n) is 10.1. The van der Waals surface area contributed by atoms with Gasteiger partial charge in [0.25, 0.3) is 0 Å². The Bertz CT molecular complexity index is 545. The van der Waals surface area contributed by atoms with Crippen LogP contribution in [0, 0.1) is 5.92 Å². The molecule has 0 amide bonds. The minimum Gasteiger partial charge on any atom is -0.463 e. The number of thiophene rings is 1. The van der Waals surface area contributed by atoms with Crippen LogP contribution >= 0.6 is 27.3 Å². The maximum atomic E-state index is 10.2. The van der Waals surface area contributed by atoms with Gasteiger partial charge in [-0.3, -0.25) is 0 Å². The predicted octanol–water partition coefficient (Wildman–Crippen LogP) is 4.50. The van der Waals surface area contributed by atoms with Crippen molar-refractivity contribution < 1.29 is 9.52 Å². The summed E-state index contributed by atoms with van der Waals surface area (Å²) in [7, 11) is 0. The molecule has 3 rings (SSSR count). The van der Waals surface area contributed by atoms with Crippen molar-refractivity contribution in [2.75, 3.05) is 0 Å². The van der Waals surface area contributed by atoms with Crippen molar-refractivity contribution in [1.29, 1.82) is 0 Å². The van der Waals surface area contributed by atoms with Crippen LogP contribution in [0.3, 0.4) is 0 Å². The largest absolute Gasteiger partial charge is 0.463 e. The molecule has 4 heteroatoms. The summed E-state index contributed by atoms with van der Waals surface area (Å²) in [6, 6.07) is 5.96. The van der Waals surface area contributed by atoms with E-state index in [1.54, 1.807) is 11.3 Å². The summed E-state index contributed by atoms with van der Waals surface area (Å²) in [4.78, 5) is 1.16. The molecule has 1 fully saturated rings. The molecule has 2 heterocycles. The third-order valence-corrected chi connectivity index (χ3v) is 5.19. The third kappa shape index (κ3) is 2.56. The van der Waals surface area contributed by atoms with Crippen molar-refractivity contribution in [3.63, 3.8) is 0 Å². The smallest absolute Gasteiger partial charge is 0.133 e. The second-order valence-electron chi connectivity index (χ2n) is 5.01. The zero-order chi connectivity index (χ0) is 12.7. The van der Waals surface area contributed by atoms with Crippen molar-refractivity contribution in [1.82, 2.24) is 0 Å². The summed E-state index contributed by atoms with van der Waals surface area (Å²) in [5.41, 5.74) is 0. The molecule has 2 nitrogen and oxygen atoms in total. The molecule has 1 aliphatic carbocycles. The molecular formula is C14H15BrO2S. The van der Waals surface area contributed by atoms with Crippen LogP contribution in [0.2, 0.25) is 0 Å². The molecule has 1 N–H and O–H groups in total. The molecule has 3 unspecified atom stereocenters. The maximum absolute atomic E-state index is 10.2. The number of hydrogen-bond donors (Lipinski definition) is 1. The van der Waals surface area contributed by atoms with Gasteiger partial charge in [-0.1, -0.05) is 6.92 Å². The van der Waals surface area contributed by atoms with Crippen LogP contribution < -0.4 is 0 Å². The number of aliphatic hydroxyl groups excluding tert-OH is 1. The van der Waals surface area contributed by atoms with Crippen LogP contribution in [0.5, 0.6) is 0 Å². The summed E-state index contributed by atoms with van der Waals surface area (Å²) >= 11 is 5.07. The molecule has 2 aromatic heterocycles. The molecule has 18 heavy (non-hydrogen) atoms. The first-order valence-electron chi connectivity index (χ1n) is 6.14. The maximum Gasteiger partial charge on any atom is 0.133 e. The topological polar surface area (TPSA) is 33.4 Å². The highest BCUT2D eigenvalue weighted by atomic mass is 79.9. The van der Waals surface area contributed by atoms with Gasteiger partial charge in [0.1, 0.15) is 17.6 Å². The Morgan fingerprint density at radius 1 is 1.56 bits per heavy atom. The summed E-state index contributed by atoms with van der Waals surface area (Å²) in [5, 5.41) is 12.2. The van der Waals surface area contributed by atoms with Crippen molar-refractivity contribution in [2.45, 2.75) is 31.8 Å². The van der Waals surface area contributed by atoms with Gasteiger partial charge in [0.15, 0.2) is 0 Å². The molecule has 1 saturated carbocycles. The van der Waals surface area contributed by atoms with Gasteiger partial charge < -0.3 is 9.52 Å². The standard InChI is InChI=1S/C14H15BrO2S/c1-8-4-11(8)13-2-3-14(17-13)12(16)6-10-5-9(15)7-18-10/h2-3,5,7-8,11-12,16H,4,6H2,1H3. The van der Waals surface area contributed by atoms with Gasteiger partial charge in [-0.25, -0.2) is 0 Å². The van der Waals surface area contributed by atoms with Gasteiger partial charge >= 0.3 is 0 Å². The van der Waals surface area contributed by atoms with Gasteiger partial charge in [-0.2, -0.15) is 0 Å². The van der Waals surface area contributed by atoms with Crippen LogP contribution in [0.4, 0.5) is 0 Å². The summed E-state index contributed by atoms with van der Waals surface area (Å²) < 4.78 is 6.83. The van der Waals surface area contributed by atoms with E-state index in [2.05, 4.69) is 22.9 Å². The van der Waals surface area contributed by atoms with Crippen molar-refractivity contribution in [3.8, 4) is 0 Å². The Balaban J connectivity index is 1.68. The van der Waals surface area contributed by atoms with E-state index in [9.17, 15) is 5.11 Å². The number of halogens is 1. The van der Waals surface area contributed by atoms with Crippen LogP contribution in [0.15, 0.2) is 32.5 Å². The number of aliphatic hydroxyl groups is 1. The Kier molecular flexibility index (Phi) is 3.34. The Hall–Kier alpha value is -0.580. The molecule has 2 aromatic rings. The lowest BCUT2D eigenvalue weighted by molar-refractivity contribution is 0.149. The van der Waals surface area contributed by atoms with Gasteiger partial charge in [0.2, 0.25) is 0 Å². The van der Waals surface area contributed by atoms with E-state index < -0.39 is 6.10 Å². The van der Waals surface area contributed by atoms with Crippen molar-refractivity contribution in [3.05, 3.63) is 44.4 Å². The lowest BCUT2D eigenvalue weighted by Crippen LogP contribution is -1.98. The quantitative estimate of drug-likeness (QED) is 0.897. The van der Waals surface area contributed by atoms with Crippen molar-refractivity contribution >= 4 is 27.3 Å². The highest BCUT2D eigenvalue weighted by Crippen LogP contribution is 2.47. The van der Waals surface area contributed by atoms with E-state index in [1.165, 1.54) is 6.42 Å². The highest BCUT2D eigenvalue weighted by Gasteiger charge is 2.36. The number of rotatable bonds is 4. The predicted molar refractivity (Wildman–Crippen MR) is 75.9 cm³/mol. The summed E-state index contributed by atoms with van der Waals surface area (Å²) in [6.07, 6.45) is 1.28. The first-order valence-corrected chi connectivity index (χ1v) is 7.81. The first kappa shape index (κ1) is 12.5. The van der Waals surface area contributed by atoms with Crippen LogP contribution in [0.25, 0.3) is 0 Å². The average molecular weight is 327 g/mol. The Morgan fingerprint density at radius 2 is 2.33 bits per heavy atom. The second kappa shape index (κ2) is 4.83. The van der Waals surface area contributed by atoms with Gasteiger partial charge in [-0.15, -0.1) is 11.3 Å². The molecule has 0 aliphatic heterocycles. The van der Waals surface area contributed by atoms with Gasteiger partial charge in [-0.05, 0) is 46.5 Å². The number of furan rings is 1. The minimum atomic E-state index is -0.543. The molecule has 1 aliphatic rings. The monoisotopic (exact) mass is 326 g/mol. The first-order chi connectivity index (χ1) is 8.63. The van der Waals surface area contributed by atoms with Crippen LogP contribution in [-0.2, 0) is 6.42 Å². The highest BCUT2D eigenvalue weighted by molar-refractivity contribution is 9.10. The fourth-order valence-electron chi connectivity index (χ4n) is 2.22. The minimum absolute atomic E-state index is 0.543. The molecule has 3 atom stereocenters. The van der Waals surface area contributed by atoms with E-state index in [-0.39, 0.29) is 0 Å². The van der Waals surface area contributed by atoms with E-state index in [1.807, 2.05) is 23.6 Å². The van der Waals surface area contributed by atoms with E-state index in [0.717, 1.165) is 21.0 Å². The Labute approximate surface area is 119 Å². The molecule has 0 spiro atoms. The summed E-state index contributed by atoms with van der Waals surface area (Å²) in [6.45, 7) is 2.23. The molecule has 0 saturated heterocycles. The average Bonchev–Trinajstić information content (AvgIpc) is 2.79. The van der Waals surface area contributed by atoms with Crippen LogP contribution in [-0.4, -0.2) is 5.11 Å². The lowest BCUT2D eigenvalue weighted by atomic mass is 10.2. The zero-order valence-corrected chi connectivity index (χ0v) is 12.5. The molecular weight excluding hydrogens is 312 g/mol. The lowest BCUT2D eigenvalue weighted by Gasteiger charge is -2.05. The molecule has 0 bridgehead atoms. The Morgan fingerprint density at radius 3 is 2.94 bits per heavy atom. The molecule has 96 valence electrons. The third-order valence-electron chi connectivity index (χ3n) is 3.47. The molecule has 0 aromatic carbocycles. The fraction of sp³-hybridized carbons (Fsp3) is 0.429. The van der Waals surface area contributed by atoms with Crippen molar-refractivity contribution in [2.24, 2.45) is 5.92 Å². The number of hydrogen-bond acceptors (Lipinski definition) is 3. The molecule has 0 radical (unpaired) electrons. The normalized spacial score (nSPS) is 24.2. The van der Waals surface area contributed by atoms with Gasteiger partial charge in [0.05, 0.1) is 0 Å². The SMILES string of the molecule is CC1CC1c1ccc(C(O)Cc2cc(Br)cs2)o1. The second-order valence-corrected chi connectivity index (χ2v) is 6.92. The fourth-order valence-corrected chi connectivity index (χ4v) is 3.71.